The van der Waals surface area contributed by atoms with E-state index in [1.807, 2.05) is 0 Å². The standard InChI is InChI=1S/C8H11ClN4O2S/c1-12(2)7(5-13(14)15)10-3-6-4-11-8(9)16-6/h4-5,10H,3H2,1-2H3/b7-5+. The van der Waals surface area contributed by atoms with Gasteiger partial charge in [-0.1, -0.05) is 11.6 Å². The summed E-state index contributed by atoms with van der Waals surface area (Å²) in [6.45, 7) is 0.461. The third kappa shape index (κ3) is 4.03. The molecule has 0 bridgehead atoms. The SMILES string of the molecule is CN(C)/C(=C/[N+](=O)[O-])NCc1cnc(Cl)s1. The fraction of sp³-hybridized carbons (Fsp3) is 0.375. The lowest BCUT2D eigenvalue weighted by molar-refractivity contribution is -0.404. The Bertz CT molecular complexity index is 404. The highest BCUT2D eigenvalue weighted by molar-refractivity contribution is 7.15. The number of aromatic nitrogens is 1. The van der Waals surface area contributed by atoms with Crippen LogP contribution in [0, 0.1) is 10.1 Å². The van der Waals surface area contributed by atoms with E-state index in [4.69, 9.17) is 11.6 Å². The molecule has 0 fully saturated rings. The summed E-state index contributed by atoms with van der Waals surface area (Å²) in [6.07, 6.45) is 2.56. The van der Waals surface area contributed by atoms with E-state index in [2.05, 4.69) is 10.3 Å². The Hall–Kier alpha value is -1.34. The summed E-state index contributed by atoms with van der Waals surface area (Å²) in [5.41, 5.74) is 0. The lowest BCUT2D eigenvalue weighted by Crippen LogP contribution is -2.25. The van der Waals surface area contributed by atoms with Gasteiger partial charge in [0.1, 0.15) is 0 Å². The van der Waals surface area contributed by atoms with Crippen LogP contribution in [0.4, 0.5) is 0 Å². The molecule has 0 radical (unpaired) electrons. The molecule has 0 aliphatic rings. The molecule has 16 heavy (non-hydrogen) atoms. The first-order valence-electron chi connectivity index (χ1n) is 4.35. The van der Waals surface area contributed by atoms with Crippen molar-refractivity contribution in [3.63, 3.8) is 0 Å². The van der Waals surface area contributed by atoms with Crippen LogP contribution in [0.2, 0.25) is 4.47 Å². The number of thiazole rings is 1. The van der Waals surface area contributed by atoms with Gasteiger partial charge < -0.3 is 10.2 Å². The molecule has 1 N–H and O–H groups in total. The highest BCUT2D eigenvalue weighted by Crippen LogP contribution is 2.17. The zero-order valence-corrected chi connectivity index (χ0v) is 10.4. The van der Waals surface area contributed by atoms with Crippen molar-refractivity contribution < 1.29 is 4.92 Å². The quantitative estimate of drug-likeness (QED) is 0.644. The Balaban J connectivity index is 2.60. The van der Waals surface area contributed by atoms with Crippen LogP contribution in [0.15, 0.2) is 18.2 Å². The average molecular weight is 263 g/mol. The molecule has 0 spiro atoms. The van der Waals surface area contributed by atoms with Gasteiger partial charge in [0.25, 0.3) is 6.20 Å². The number of rotatable bonds is 5. The van der Waals surface area contributed by atoms with E-state index in [-0.39, 0.29) is 0 Å². The van der Waals surface area contributed by atoms with Crippen LogP contribution in [-0.2, 0) is 6.54 Å². The number of hydrogen-bond acceptors (Lipinski definition) is 6. The molecular formula is C8H11ClN4O2S. The smallest absolute Gasteiger partial charge is 0.274 e. The third-order valence-corrected chi connectivity index (χ3v) is 2.79. The van der Waals surface area contributed by atoms with Crippen molar-refractivity contribution in [3.8, 4) is 0 Å². The monoisotopic (exact) mass is 262 g/mol. The molecule has 0 aliphatic carbocycles. The number of nitrogens with one attached hydrogen (secondary N) is 1. The molecule has 0 aromatic carbocycles. The van der Waals surface area contributed by atoms with Gasteiger partial charge in [0, 0.05) is 25.2 Å². The van der Waals surface area contributed by atoms with Gasteiger partial charge in [-0.15, -0.1) is 11.3 Å². The summed E-state index contributed by atoms with van der Waals surface area (Å²) in [4.78, 5) is 16.3. The summed E-state index contributed by atoms with van der Waals surface area (Å²) in [5.74, 6) is 0.425. The van der Waals surface area contributed by atoms with Gasteiger partial charge in [0.2, 0.25) is 0 Å². The predicted octanol–water partition coefficient (Wildman–Crippen LogP) is 1.52. The van der Waals surface area contributed by atoms with Crippen LogP contribution in [0.3, 0.4) is 0 Å². The normalized spacial score (nSPS) is 11.3. The van der Waals surface area contributed by atoms with Gasteiger partial charge in [0.05, 0.1) is 11.5 Å². The van der Waals surface area contributed by atoms with Crippen LogP contribution in [-0.4, -0.2) is 28.9 Å². The second-order valence-corrected chi connectivity index (χ2v) is 4.82. The predicted molar refractivity (Wildman–Crippen MR) is 62.7 cm³/mol. The Morgan fingerprint density at radius 2 is 2.50 bits per heavy atom. The molecule has 1 rings (SSSR count). The molecule has 1 aromatic rings. The third-order valence-electron chi connectivity index (χ3n) is 1.68. The molecule has 0 aliphatic heterocycles. The lowest BCUT2D eigenvalue weighted by Gasteiger charge is -2.15. The van der Waals surface area contributed by atoms with E-state index in [0.717, 1.165) is 11.1 Å². The van der Waals surface area contributed by atoms with Gasteiger partial charge in [-0.25, -0.2) is 4.98 Å². The summed E-state index contributed by atoms with van der Waals surface area (Å²) >= 11 is 7.01. The maximum absolute atomic E-state index is 10.4. The molecule has 0 saturated heterocycles. The number of halogens is 1. The van der Waals surface area contributed by atoms with E-state index in [1.165, 1.54) is 11.3 Å². The minimum Gasteiger partial charge on any atom is -0.362 e. The molecule has 8 heteroatoms. The fourth-order valence-corrected chi connectivity index (χ4v) is 1.88. The molecule has 1 heterocycles. The second kappa shape index (κ2) is 5.66. The highest BCUT2D eigenvalue weighted by atomic mass is 35.5. The van der Waals surface area contributed by atoms with Crippen molar-refractivity contribution in [3.05, 3.63) is 37.7 Å². The first-order chi connectivity index (χ1) is 7.49. The Morgan fingerprint density at radius 1 is 1.81 bits per heavy atom. The minimum atomic E-state index is -0.498. The van der Waals surface area contributed by atoms with Gasteiger partial charge in [-0.05, 0) is 0 Å². The van der Waals surface area contributed by atoms with Crippen molar-refractivity contribution in [2.75, 3.05) is 14.1 Å². The van der Waals surface area contributed by atoms with Crippen LogP contribution in [0.25, 0.3) is 0 Å². The van der Waals surface area contributed by atoms with E-state index >= 15 is 0 Å². The Morgan fingerprint density at radius 3 is 2.94 bits per heavy atom. The molecule has 88 valence electrons. The second-order valence-electron chi connectivity index (χ2n) is 3.13. The fourth-order valence-electron chi connectivity index (χ4n) is 0.962. The highest BCUT2D eigenvalue weighted by Gasteiger charge is 2.06. The summed E-state index contributed by atoms with van der Waals surface area (Å²) < 4.78 is 0.460. The molecular weight excluding hydrogens is 252 g/mol. The molecule has 0 amide bonds. The number of hydrogen-bond donors (Lipinski definition) is 1. The Kier molecular flexibility index (Phi) is 4.51. The van der Waals surface area contributed by atoms with Gasteiger partial charge in [0.15, 0.2) is 10.3 Å². The minimum absolute atomic E-state index is 0.425. The number of nitrogens with zero attached hydrogens (tertiary/aromatic N) is 3. The molecule has 6 nitrogen and oxygen atoms in total. The lowest BCUT2D eigenvalue weighted by atomic mass is 10.5. The summed E-state index contributed by atoms with van der Waals surface area (Å²) in [5, 5.41) is 13.3. The molecule has 0 atom stereocenters. The van der Waals surface area contributed by atoms with E-state index in [1.54, 1.807) is 25.2 Å². The maximum atomic E-state index is 10.4. The Labute approximate surface area is 102 Å². The maximum Gasteiger partial charge on any atom is 0.274 e. The van der Waals surface area contributed by atoms with E-state index in [0.29, 0.717) is 16.8 Å². The van der Waals surface area contributed by atoms with Crippen molar-refractivity contribution in [1.82, 2.24) is 15.2 Å². The molecule has 0 unspecified atom stereocenters. The first-order valence-corrected chi connectivity index (χ1v) is 5.55. The summed E-state index contributed by atoms with van der Waals surface area (Å²) in [6, 6.07) is 0. The van der Waals surface area contributed by atoms with Crippen LogP contribution >= 0.6 is 22.9 Å². The van der Waals surface area contributed by atoms with Crippen LogP contribution in [0.1, 0.15) is 4.88 Å². The van der Waals surface area contributed by atoms with Crippen molar-refractivity contribution in [1.29, 1.82) is 0 Å². The van der Waals surface area contributed by atoms with Crippen LogP contribution in [0.5, 0.6) is 0 Å². The number of nitro groups is 1. The molecule has 0 saturated carbocycles. The van der Waals surface area contributed by atoms with Crippen molar-refractivity contribution in [2.24, 2.45) is 0 Å². The van der Waals surface area contributed by atoms with Gasteiger partial charge in [-0.2, -0.15) is 0 Å². The topological polar surface area (TPSA) is 71.3 Å². The van der Waals surface area contributed by atoms with E-state index < -0.39 is 4.92 Å². The zero-order chi connectivity index (χ0) is 12.1. The first kappa shape index (κ1) is 12.7. The largest absolute Gasteiger partial charge is 0.362 e. The van der Waals surface area contributed by atoms with Gasteiger partial charge >= 0.3 is 0 Å². The zero-order valence-electron chi connectivity index (χ0n) is 8.81. The van der Waals surface area contributed by atoms with E-state index in [9.17, 15) is 10.1 Å². The van der Waals surface area contributed by atoms with Gasteiger partial charge in [-0.3, -0.25) is 10.1 Å². The van der Waals surface area contributed by atoms with Crippen LogP contribution < -0.4 is 5.32 Å². The van der Waals surface area contributed by atoms with Crippen molar-refractivity contribution >= 4 is 22.9 Å². The molecule has 1 aromatic heterocycles. The van der Waals surface area contributed by atoms with Crippen molar-refractivity contribution in [2.45, 2.75) is 6.54 Å². The summed E-state index contributed by atoms with van der Waals surface area (Å²) in [7, 11) is 3.45. The average Bonchev–Trinajstić information content (AvgIpc) is 2.58.